The Morgan fingerprint density at radius 1 is 0.440 bits per heavy atom. The second-order valence-electron chi connectivity index (χ2n) is 24.2. The Morgan fingerprint density at radius 2 is 0.750 bits per heavy atom. The smallest absolute Gasteiger partial charge is 0.261 e. The molecule has 0 fully saturated rings. The number of allylic oxidation sites excluding steroid dienone is 8. The zero-order valence-electron chi connectivity index (χ0n) is 55.0. The maximum absolute atomic E-state index is 12.4. The molecule has 2 aromatic carbocycles. The highest BCUT2D eigenvalue weighted by Gasteiger charge is 2.50. The van der Waals surface area contributed by atoms with Gasteiger partial charge in [-0.1, -0.05) is 336 Å². The molecule has 0 saturated heterocycles. The molecule has 0 radical (unpaired) electrons. The van der Waals surface area contributed by atoms with E-state index in [4.69, 9.17) is 9.26 Å². The monoisotopic (exact) mass is 1250 g/mol. The van der Waals surface area contributed by atoms with E-state index in [-0.39, 0.29) is 25.8 Å². The second kappa shape index (κ2) is 64.6. The van der Waals surface area contributed by atoms with Gasteiger partial charge >= 0.3 is 0 Å². The van der Waals surface area contributed by atoms with Crippen molar-refractivity contribution >= 4 is 46.3 Å². The summed E-state index contributed by atoms with van der Waals surface area (Å²) in [6, 6.07) is 21.9. The number of unbranched alkanes of at least 4 members (excludes halogenated alkanes) is 31. The highest BCUT2D eigenvalue weighted by molar-refractivity contribution is 9.09. The lowest BCUT2D eigenvalue weighted by Gasteiger charge is -2.43. The van der Waals surface area contributed by atoms with E-state index in [1.54, 1.807) is 7.05 Å². The van der Waals surface area contributed by atoms with Crippen molar-refractivity contribution in [3.05, 3.63) is 109 Å². The fourth-order valence-electron chi connectivity index (χ4n) is 10.5. The number of hydrogen-bond donors (Lipinski definition) is 0. The topological polar surface area (TPSA) is 55.8 Å². The first-order valence-corrected chi connectivity index (χ1v) is 37.3. The molecule has 2 aromatic rings. The van der Waals surface area contributed by atoms with Crippen LogP contribution in [0.25, 0.3) is 0 Å². The molecule has 0 spiro atoms. The number of Topliss-reactive ketones (excluding diaryl/α,β-unsaturated/α-hetero) is 1. The van der Waals surface area contributed by atoms with Crippen molar-refractivity contribution in [2.45, 2.75) is 331 Å². The van der Waals surface area contributed by atoms with Gasteiger partial charge in [-0.25, -0.2) is 5.06 Å². The molecule has 7 heteroatoms. The van der Waals surface area contributed by atoms with E-state index < -0.39 is 8.32 Å². The Labute approximate surface area is 533 Å². The lowest BCUT2D eigenvalue weighted by Crippen LogP contribution is -2.66. The van der Waals surface area contributed by atoms with Crippen LogP contribution in [0.15, 0.2) is 109 Å². The van der Waals surface area contributed by atoms with Gasteiger partial charge in [0.1, 0.15) is 5.78 Å². The summed E-state index contributed by atoms with van der Waals surface area (Å²) < 4.78 is 7.03. The number of halogens is 1. The molecule has 1 amide bonds. The predicted molar refractivity (Wildman–Crippen MR) is 383 cm³/mol. The zero-order chi connectivity index (χ0) is 60.1. The maximum atomic E-state index is 12.4. The van der Waals surface area contributed by atoms with Crippen LogP contribution in [0.1, 0.15) is 326 Å². The van der Waals surface area contributed by atoms with Crippen molar-refractivity contribution in [1.82, 2.24) is 5.06 Å². The number of rotatable bonds is 52. The van der Waals surface area contributed by atoms with Gasteiger partial charge in [0.15, 0.2) is 0 Å². The van der Waals surface area contributed by atoms with Crippen molar-refractivity contribution in [3.63, 3.8) is 0 Å². The summed E-state index contributed by atoms with van der Waals surface area (Å²) in [7, 11) is 0.774. The van der Waals surface area contributed by atoms with E-state index in [0.29, 0.717) is 12.2 Å². The Balaban J connectivity index is -0.00000148. The van der Waals surface area contributed by atoms with Gasteiger partial charge in [0.25, 0.3) is 8.32 Å². The van der Waals surface area contributed by atoms with E-state index in [9.17, 15) is 9.59 Å². The molecule has 2 rings (SSSR count). The Kier molecular flexibility index (Phi) is 65.7. The molecule has 0 N–H and O–H groups in total. The lowest BCUT2D eigenvalue weighted by atomic mass is 10.0. The molecule has 486 valence electrons. The maximum Gasteiger partial charge on any atom is 0.261 e. The van der Waals surface area contributed by atoms with Gasteiger partial charge in [-0.05, 0) is 112 Å². The Bertz CT molecular complexity index is 1740. The molecule has 0 aliphatic carbocycles. The Morgan fingerprint density at radius 3 is 1.11 bits per heavy atom. The van der Waals surface area contributed by atoms with Crippen LogP contribution in [0.4, 0.5) is 0 Å². The SMILES string of the molecule is C.C.CCCCC/C=C\C/C=C\CCCCCCCCCC(=O)CCCCCCCCO[Si](c1ccccc1)(c1ccccc1)C(C)(C)C.CCCCC/C=C\C/C=C\CCCCCCCCCC(=O)N(C)OC.CCCCCCCCCBr. The first-order valence-electron chi connectivity index (χ1n) is 34.3. The number of hydroxylamine groups is 2. The van der Waals surface area contributed by atoms with E-state index in [2.05, 4.69) is 167 Å². The molecule has 5 nitrogen and oxygen atoms in total. The first kappa shape index (κ1) is 85.4. The molecule has 0 aromatic heterocycles. The normalized spacial score (nSPS) is 11.6. The van der Waals surface area contributed by atoms with Crippen LogP contribution < -0.4 is 10.4 Å². The molecular weight excluding hydrogens is 1110 g/mol. The third kappa shape index (κ3) is 50.2. The van der Waals surface area contributed by atoms with Crippen molar-refractivity contribution in [2.24, 2.45) is 0 Å². The van der Waals surface area contributed by atoms with E-state index in [1.807, 2.05) is 0 Å². The van der Waals surface area contributed by atoms with Crippen molar-refractivity contribution in [3.8, 4) is 0 Å². The van der Waals surface area contributed by atoms with Gasteiger partial charge in [0.2, 0.25) is 5.91 Å². The standard InChI is InChI=1S/C44H70O2Si.C22H41NO2.C9H19Br.2CH4/c1-5-6-7-8-9-10-11-12-13-14-15-16-17-18-19-22-27-34-41(45)35-28-23-20-21-24-33-40-46-47(44(2,3)4,42-36-29-25-30-37-42)43-38-31-26-32-39-43;1-4-5-6-7-8-9-10-11-12-13-14-15-16-17-18-19-20-21-22(24)23(2)25-3;1-2-3-4-5-6-7-8-9-10;;/h9-10,12-13,25-26,29-32,36-39H,5-8,11,14-24,27-28,33-35,40H2,1-4H3;8-9,11-12H,4-7,10,13-21H2,1-3H3;2-9H2,1H3;2*1H4/b10-9-,13-12-;9-8-,12-11-;;;. The number of amides is 1. The summed E-state index contributed by atoms with van der Waals surface area (Å²) in [5, 5.41) is 5.24. The Hall–Kier alpha value is -2.84. The van der Waals surface area contributed by atoms with E-state index >= 15 is 0 Å². The van der Waals surface area contributed by atoms with Crippen LogP contribution in [0.5, 0.6) is 0 Å². The number of carbonyl (C=O) groups excluding carboxylic acids is 2. The molecule has 0 aliphatic rings. The van der Waals surface area contributed by atoms with Crippen LogP contribution in [-0.2, 0) is 18.9 Å². The second-order valence-corrected chi connectivity index (χ2v) is 29.3. The molecule has 0 heterocycles. The van der Waals surface area contributed by atoms with Crippen LogP contribution >= 0.6 is 15.9 Å². The summed E-state index contributed by atoms with van der Waals surface area (Å²) in [6.45, 7) is 14.6. The fourth-order valence-corrected chi connectivity index (χ4v) is 15.5. The lowest BCUT2D eigenvalue weighted by molar-refractivity contribution is -0.168. The van der Waals surface area contributed by atoms with Crippen molar-refractivity contribution in [2.75, 3.05) is 26.1 Å². The molecule has 84 heavy (non-hydrogen) atoms. The molecule has 0 saturated carbocycles. The number of nitrogens with zero attached hydrogens (tertiary/aromatic N) is 1. The summed E-state index contributed by atoms with van der Waals surface area (Å²) in [5.41, 5.74) is 0. The van der Waals surface area contributed by atoms with Crippen molar-refractivity contribution in [1.29, 1.82) is 0 Å². The predicted octanol–water partition coefficient (Wildman–Crippen LogP) is 24.5. The number of benzene rings is 2. The van der Waals surface area contributed by atoms with Gasteiger partial charge in [0.05, 0.1) is 7.11 Å². The highest BCUT2D eigenvalue weighted by Crippen LogP contribution is 2.37. The molecule has 0 aliphatic heterocycles. The third-order valence-corrected chi connectivity index (χ3v) is 21.3. The molecule has 0 bridgehead atoms. The summed E-state index contributed by atoms with van der Waals surface area (Å²) in [6.07, 6.45) is 70.1. The molecule has 0 unspecified atom stereocenters. The largest absolute Gasteiger partial charge is 0.407 e. The van der Waals surface area contributed by atoms with Crippen molar-refractivity contribution < 1.29 is 18.9 Å². The van der Waals surface area contributed by atoms with Gasteiger partial charge in [-0.15, -0.1) is 0 Å². The minimum absolute atomic E-state index is 0. The summed E-state index contributed by atoms with van der Waals surface area (Å²) in [4.78, 5) is 28.8. The van der Waals surface area contributed by atoms with Gasteiger partial charge < -0.3 is 4.43 Å². The average molecular weight is 1250 g/mol. The number of carbonyl (C=O) groups is 2. The molecular formula is C77H138BrNO4Si. The number of alkyl halides is 1. The van der Waals surface area contributed by atoms with Gasteiger partial charge in [0, 0.05) is 38.2 Å². The van der Waals surface area contributed by atoms with Crippen LogP contribution in [-0.4, -0.2) is 51.2 Å². The van der Waals surface area contributed by atoms with Gasteiger partial charge in [-0.2, -0.15) is 0 Å². The van der Waals surface area contributed by atoms with Crippen LogP contribution in [0.3, 0.4) is 0 Å². The minimum atomic E-state index is -2.42. The minimum Gasteiger partial charge on any atom is -0.407 e. The fraction of sp³-hybridized carbons (Fsp3) is 0.714. The molecule has 0 atom stereocenters. The zero-order valence-corrected chi connectivity index (χ0v) is 57.5. The highest BCUT2D eigenvalue weighted by atomic mass is 79.9. The van der Waals surface area contributed by atoms with Crippen LogP contribution in [0.2, 0.25) is 5.04 Å². The average Bonchev–Trinajstić information content (AvgIpc) is 1.99. The quantitative estimate of drug-likeness (QED) is 0.0218. The van der Waals surface area contributed by atoms with Crippen LogP contribution in [0, 0.1) is 0 Å². The van der Waals surface area contributed by atoms with Gasteiger partial charge in [-0.3, -0.25) is 14.4 Å². The summed E-state index contributed by atoms with van der Waals surface area (Å²) >= 11 is 3.43. The van der Waals surface area contributed by atoms with E-state index in [1.165, 1.54) is 233 Å². The summed E-state index contributed by atoms with van der Waals surface area (Å²) in [5.74, 6) is 0.552. The number of ketones is 1. The first-order chi connectivity index (χ1) is 40.0. The third-order valence-electron chi connectivity index (χ3n) is 15.7. The number of hydrogen-bond acceptors (Lipinski definition) is 4. The van der Waals surface area contributed by atoms with E-state index in [0.717, 1.165) is 64.4 Å².